The van der Waals surface area contributed by atoms with Crippen LogP contribution in [0.25, 0.3) is 27.8 Å². The van der Waals surface area contributed by atoms with Crippen LogP contribution in [-0.2, 0) is 0 Å². The third-order valence-corrected chi connectivity index (χ3v) is 6.94. The SMILES string of the molecule is CCC(C)N1CCC[C@@H](n2c(=O)[nH]c3cc(-c4cc(C)c5ncnn5c4)c(C)cc32)C1. The van der Waals surface area contributed by atoms with Crippen molar-refractivity contribution in [2.24, 2.45) is 0 Å². The van der Waals surface area contributed by atoms with Crippen LogP contribution in [-0.4, -0.2) is 48.2 Å². The third kappa shape index (κ3) is 3.37. The molecule has 4 heterocycles. The quantitative estimate of drug-likeness (QED) is 0.542. The van der Waals surface area contributed by atoms with E-state index < -0.39 is 0 Å². The predicted molar refractivity (Wildman–Crippen MR) is 124 cm³/mol. The van der Waals surface area contributed by atoms with Gasteiger partial charge in [0.05, 0.1) is 17.1 Å². The van der Waals surface area contributed by atoms with Gasteiger partial charge >= 0.3 is 5.69 Å². The number of aromatic nitrogens is 5. The number of H-pyrrole nitrogens is 1. The minimum absolute atomic E-state index is 0.00883. The number of rotatable bonds is 4. The molecule has 1 unspecified atom stereocenters. The number of aryl methyl sites for hydroxylation is 2. The van der Waals surface area contributed by atoms with E-state index in [1.165, 1.54) is 0 Å². The Bertz CT molecular complexity index is 1310. The van der Waals surface area contributed by atoms with Crippen molar-refractivity contribution in [1.29, 1.82) is 0 Å². The Hall–Kier alpha value is -2.93. The molecule has 0 spiro atoms. The van der Waals surface area contributed by atoms with E-state index in [4.69, 9.17) is 0 Å². The molecule has 4 aromatic rings. The molecule has 7 heteroatoms. The van der Waals surface area contributed by atoms with Crippen molar-refractivity contribution >= 4 is 16.7 Å². The van der Waals surface area contributed by atoms with Crippen LogP contribution in [0.15, 0.2) is 35.5 Å². The molecule has 0 amide bonds. The molecule has 162 valence electrons. The summed E-state index contributed by atoms with van der Waals surface area (Å²) < 4.78 is 3.81. The van der Waals surface area contributed by atoms with Crippen LogP contribution >= 0.6 is 0 Å². The van der Waals surface area contributed by atoms with Gasteiger partial charge in [0.25, 0.3) is 0 Å². The molecule has 2 atom stereocenters. The van der Waals surface area contributed by atoms with E-state index in [2.05, 4.69) is 58.9 Å². The Kier molecular flexibility index (Phi) is 4.93. The van der Waals surface area contributed by atoms with Gasteiger partial charge in [-0.2, -0.15) is 5.10 Å². The topological polar surface area (TPSA) is 71.2 Å². The number of hydrogen-bond acceptors (Lipinski definition) is 4. The summed E-state index contributed by atoms with van der Waals surface area (Å²) in [6.07, 6.45) is 6.88. The molecular formula is C24H30N6O. The van der Waals surface area contributed by atoms with Crippen LogP contribution in [0.4, 0.5) is 0 Å². The van der Waals surface area contributed by atoms with E-state index in [-0.39, 0.29) is 11.7 Å². The Balaban J connectivity index is 1.58. The monoisotopic (exact) mass is 418 g/mol. The number of hydrogen-bond donors (Lipinski definition) is 1. The number of likely N-dealkylation sites (tertiary alicyclic amines) is 1. The minimum Gasteiger partial charge on any atom is -0.306 e. The van der Waals surface area contributed by atoms with Gasteiger partial charge in [-0.1, -0.05) is 6.92 Å². The second-order valence-electron chi connectivity index (χ2n) is 8.97. The summed E-state index contributed by atoms with van der Waals surface area (Å²) in [5.74, 6) is 0. The first-order chi connectivity index (χ1) is 15.0. The van der Waals surface area contributed by atoms with Gasteiger partial charge in [0.1, 0.15) is 6.33 Å². The lowest BCUT2D eigenvalue weighted by molar-refractivity contribution is 0.132. The van der Waals surface area contributed by atoms with Crippen molar-refractivity contribution < 1.29 is 0 Å². The molecule has 7 nitrogen and oxygen atoms in total. The van der Waals surface area contributed by atoms with Crippen molar-refractivity contribution in [1.82, 2.24) is 29.0 Å². The lowest BCUT2D eigenvalue weighted by atomic mass is 9.99. The first-order valence-corrected chi connectivity index (χ1v) is 11.3. The van der Waals surface area contributed by atoms with E-state index >= 15 is 0 Å². The fourth-order valence-corrected chi connectivity index (χ4v) is 5.04. The summed E-state index contributed by atoms with van der Waals surface area (Å²) in [5, 5.41) is 4.30. The number of piperidine rings is 1. The minimum atomic E-state index is -0.00883. The van der Waals surface area contributed by atoms with Gasteiger partial charge in [0.2, 0.25) is 0 Å². The molecule has 1 aliphatic heterocycles. The number of imidazole rings is 1. The first kappa shape index (κ1) is 20.0. The van der Waals surface area contributed by atoms with Gasteiger partial charge < -0.3 is 4.98 Å². The number of aromatic amines is 1. The summed E-state index contributed by atoms with van der Waals surface area (Å²) in [6.45, 7) is 10.7. The summed E-state index contributed by atoms with van der Waals surface area (Å²) >= 11 is 0. The molecule has 0 aliphatic carbocycles. The molecule has 0 bridgehead atoms. The van der Waals surface area contributed by atoms with E-state index in [0.29, 0.717) is 6.04 Å². The Morgan fingerprint density at radius 3 is 2.87 bits per heavy atom. The number of pyridine rings is 1. The maximum Gasteiger partial charge on any atom is 0.326 e. The van der Waals surface area contributed by atoms with Crippen molar-refractivity contribution in [2.75, 3.05) is 13.1 Å². The van der Waals surface area contributed by atoms with Crippen LogP contribution in [0.1, 0.15) is 50.3 Å². The predicted octanol–water partition coefficient (Wildman–Crippen LogP) is 4.09. The van der Waals surface area contributed by atoms with Crippen molar-refractivity contribution in [3.8, 4) is 11.1 Å². The average Bonchev–Trinajstić information content (AvgIpc) is 3.36. The van der Waals surface area contributed by atoms with Crippen LogP contribution in [0.2, 0.25) is 0 Å². The number of fused-ring (bicyclic) bond motifs is 2. The van der Waals surface area contributed by atoms with Crippen molar-refractivity contribution in [2.45, 2.75) is 59.0 Å². The molecule has 31 heavy (non-hydrogen) atoms. The largest absolute Gasteiger partial charge is 0.326 e. The summed E-state index contributed by atoms with van der Waals surface area (Å²) in [4.78, 5) is 23.0. The second kappa shape index (κ2) is 7.64. The molecule has 0 radical (unpaired) electrons. The smallest absolute Gasteiger partial charge is 0.306 e. The normalized spacial score (nSPS) is 18.8. The highest BCUT2D eigenvalue weighted by Gasteiger charge is 2.26. The summed E-state index contributed by atoms with van der Waals surface area (Å²) in [7, 11) is 0. The van der Waals surface area contributed by atoms with Gasteiger partial charge in [-0.25, -0.2) is 14.3 Å². The molecule has 1 fully saturated rings. The van der Waals surface area contributed by atoms with E-state index in [1.54, 1.807) is 6.33 Å². The molecule has 1 saturated heterocycles. The van der Waals surface area contributed by atoms with Gasteiger partial charge in [-0.15, -0.1) is 0 Å². The highest BCUT2D eigenvalue weighted by Crippen LogP contribution is 2.31. The zero-order chi connectivity index (χ0) is 21.7. The zero-order valence-corrected chi connectivity index (χ0v) is 18.7. The fraction of sp³-hybridized carbons (Fsp3) is 0.458. The van der Waals surface area contributed by atoms with Gasteiger partial charge in [-0.3, -0.25) is 9.47 Å². The number of benzene rings is 1. The maximum atomic E-state index is 13.0. The van der Waals surface area contributed by atoms with Crippen molar-refractivity contribution in [3.63, 3.8) is 0 Å². The Morgan fingerprint density at radius 1 is 1.23 bits per heavy atom. The fourth-order valence-electron chi connectivity index (χ4n) is 5.04. The maximum absolute atomic E-state index is 13.0. The Labute approximate surface area is 181 Å². The second-order valence-corrected chi connectivity index (χ2v) is 8.97. The van der Waals surface area contributed by atoms with Gasteiger partial charge in [-0.05, 0) is 81.5 Å². The van der Waals surface area contributed by atoms with E-state index in [1.807, 2.05) is 22.2 Å². The number of nitrogens with one attached hydrogen (secondary N) is 1. The standard InChI is InChI=1S/C24H30N6O/c1-5-17(4)28-8-6-7-19(13-28)30-22-10-15(2)20(11-21(22)27-24(30)31)18-9-16(3)23-25-14-26-29(23)12-18/h9-12,14,17,19H,5-8,13H2,1-4H3,(H,27,31)/t17?,19-/m1/s1. The first-order valence-electron chi connectivity index (χ1n) is 11.3. The number of nitrogens with zero attached hydrogens (tertiary/aromatic N) is 5. The van der Waals surface area contributed by atoms with Crippen LogP contribution < -0.4 is 5.69 Å². The lowest BCUT2D eigenvalue weighted by Crippen LogP contribution is -2.43. The van der Waals surface area contributed by atoms with Crippen LogP contribution in [0, 0.1) is 13.8 Å². The molecular weight excluding hydrogens is 388 g/mol. The van der Waals surface area contributed by atoms with E-state index in [0.717, 1.165) is 71.3 Å². The van der Waals surface area contributed by atoms with Gasteiger partial charge in [0, 0.05) is 24.3 Å². The molecule has 0 saturated carbocycles. The Morgan fingerprint density at radius 2 is 2.06 bits per heavy atom. The average molecular weight is 419 g/mol. The van der Waals surface area contributed by atoms with Crippen LogP contribution in [0.5, 0.6) is 0 Å². The molecule has 5 rings (SSSR count). The third-order valence-electron chi connectivity index (χ3n) is 6.94. The van der Waals surface area contributed by atoms with Crippen molar-refractivity contribution in [3.05, 3.63) is 52.3 Å². The molecule has 1 aliphatic rings. The molecule has 1 N–H and O–H groups in total. The molecule has 3 aromatic heterocycles. The summed E-state index contributed by atoms with van der Waals surface area (Å²) in [6, 6.07) is 7.16. The highest BCUT2D eigenvalue weighted by atomic mass is 16.1. The lowest BCUT2D eigenvalue weighted by Gasteiger charge is -2.37. The molecule has 1 aromatic carbocycles. The zero-order valence-electron chi connectivity index (χ0n) is 18.7. The van der Waals surface area contributed by atoms with Crippen LogP contribution in [0.3, 0.4) is 0 Å². The summed E-state index contributed by atoms with van der Waals surface area (Å²) in [5.41, 5.74) is 7.15. The van der Waals surface area contributed by atoms with Gasteiger partial charge in [0.15, 0.2) is 5.65 Å². The van der Waals surface area contributed by atoms with E-state index in [9.17, 15) is 4.79 Å². The highest BCUT2D eigenvalue weighted by molar-refractivity contribution is 5.84.